The second-order valence-electron chi connectivity index (χ2n) is 21.7. The highest BCUT2D eigenvalue weighted by Crippen LogP contribution is 2.17. The van der Waals surface area contributed by atoms with Gasteiger partial charge in [0, 0.05) is 19.3 Å². The molecule has 1 atom stereocenters. The van der Waals surface area contributed by atoms with E-state index in [1.165, 1.54) is 218 Å². The molecule has 0 aliphatic carbocycles. The van der Waals surface area contributed by atoms with Crippen molar-refractivity contribution in [3.05, 3.63) is 60.8 Å². The van der Waals surface area contributed by atoms with Gasteiger partial charge in [-0.15, -0.1) is 0 Å². The van der Waals surface area contributed by atoms with Crippen LogP contribution < -0.4 is 0 Å². The third-order valence-corrected chi connectivity index (χ3v) is 14.2. The zero-order valence-corrected chi connectivity index (χ0v) is 49.4. The van der Waals surface area contributed by atoms with Gasteiger partial charge < -0.3 is 14.2 Å². The minimum absolute atomic E-state index is 0.0769. The van der Waals surface area contributed by atoms with Gasteiger partial charge in [-0.1, -0.05) is 268 Å². The number of esters is 3. The van der Waals surface area contributed by atoms with E-state index in [1.807, 2.05) is 0 Å². The van der Waals surface area contributed by atoms with Crippen molar-refractivity contribution < 1.29 is 28.6 Å². The minimum atomic E-state index is -0.780. The van der Waals surface area contributed by atoms with Gasteiger partial charge in [0.2, 0.25) is 0 Å². The van der Waals surface area contributed by atoms with Crippen LogP contribution in [0.2, 0.25) is 0 Å². The second kappa shape index (κ2) is 62.6. The summed E-state index contributed by atoms with van der Waals surface area (Å²) < 4.78 is 16.9. The van der Waals surface area contributed by atoms with E-state index in [-0.39, 0.29) is 31.1 Å². The van der Waals surface area contributed by atoms with E-state index in [1.54, 1.807) is 0 Å². The summed E-state index contributed by atoms with van der Waals surface area (Å²) in [5, 5.41) is 0. The molecule has 0 fully saturated rings. The Kier molecular flexibility index (Phi) is 60.2. The van der Waals surface area contributed by atoms with E-state index in [0.717, 1.165) is 77.0 Å². The molecule has 0 aromatic carbocycles. The summed E-state index contributed by atoms with van der Waals surface area (Å²) in [4.78, 5) is 38.3. The maximum Gasteiger partial charge on any atom is 0.306 e. The molecule has 6 heteroatoms. The molecule has 430 valence electrons. The van der Waals surface area contributed by atoms with Crippen LogP contribution in [0.5, 0.6) is 0 Å². The molecule has 0 aliphatic rings. The molecule has 1 unspecified atom stereocenters. The van der Waals surface area contributed by atoms with Gasteiger partial charge >= 0.3 is 17.9 Å². The molecule has 0 aromatic rings. The first-order chi connectivity index (χ1) is 36.5. The van der Waals surface area contributed by atoms with Crippen molar-refractivity contribution in [3.8, 4) is 0 Å². The summed E-state index contributed by atoms with van der Waals surface area (Å²) in [6.45, 7) is 6.61. The summed E-state index contributed by atoms with van der Waals surface area (Å²) in [5.41, 5.74) is 0. The molecule has 74 heavy (non-hydrogen) atoms. The van der Waals surface area contributed by atoms with Crippen LogP contribution in [0.3, 0.4) is 0 Å². The molecule has 0 spiro atoms. The smallest absolute Gasteiger partial charge is 0.306 e. The lowest BCUT2D eigenvalue weighted by molar-refractivity contribution is -0.167. The van der Waals surface area contributed by atoms with Crippen molar-refractivity contribution in [1.82, 2.24) is 0 Å². The summed E-state index contributed by atoms with van der Waals surface area (Å²) in [7, 11) is 0. The highest BCUT2D eigenvalue weighted by atomic mass is 16.6. The molecule has 0 rings (SSSR count). The van der Waals surface area contributed by atoms with Crippen LogP contribution in [0, 0.1) is 0 Å². The second-order valence-corrected chi connectivity index (χ2v) is 21.7. The Morgan fingerprint density at radius 3 is 0.784 bits per heavy atom. The van der Waals surface area contributed by atoms with E-state index < -0.39 is 6.10 Å². The quantitative estimate of drug-likeness (QED) is 0.0261. The van der Waals surface area contributed by atoms with Crippen molar-refractivity contribution in [2.45, 2.75) is 341 Å². The number of hydrogen-bond donors (Lipinski definition) is 0. The van der Waals surface area contributed by atoms with Crippen LogP contribution in [0.25, 0.3) is 0 Å². The molecule has 0 bridgehead atoms. The number of hydrogen-bond acceptors (Lipinski definition) is 6. The average molecular weight is 1040 g/mol. The van der Waals surface area contributed by atoms with Crippen molar-refractivity contribution in [3.63, 3.8) is 0 Å². The minimum Gasteiger partial charge on any atom is -0.462 e. The number of carbonyl (C=O) groups is 3. The Morgan fingerprint density at radius 1 is 0.270 bits per heavy atom. The predicted octanol–water partition coefficient (Wildman–Crippen LogP) is 21.9. The van der Waals surface area contributed by atoms with E-state index in [0.29, 0.717) is 19.3 Å². The summed E-state index contributed by atoms with van der Waals surface area (Å²) >= 11 is 0. The fourth-order valence-electron chi connectivity index (χ4n) is 9.32. The van der Waals surface area contributed by atoms with Crippen LogP contribution in [-0.4, -0.2) is 37.2 Å². The number of carbonyl (C=O) groups excluding carboxylic acids is 3. The third kappa shape index (κ3) is 60.0. The topological polar surface area (TPSA) is 78.9 Å². The zero-order valence-electron chi connectivity index (χ0n) is 49.4. The first-order valence-corrected chi connectivity index (χ1v) is 32.3. The monoisotopic (exact) mass is 1030 g/mol. The van der Waals surface area contributed by atoms with E-state index in [9.17, 15) is 14.4 Å². The van der Waals surface area contributed by atoms with E-state index >= 15 is 0 Å². The Labute approximate surface area is 460 Å². The average Bonchev–Trinajstić information content (AvgIpc) is 3.40. The van der Waals surface area contributed by atoms with Crippen LogP contribution in [0.4, 0.5) is 0 Å². The molecular formula is C68H122O6. The van der Waals surface area contributed by atoms with Crippen LogP contribution in [-0.2, 0) is 28.6 Å². The van der Waals surface area contributed by atoms with Crippen molar-refractivity contribution in [2.75, 3.05) is 13.2 Å². The van der Waals surface area contributed by atoms with Gasteiger partial charge in [0.25, 0.3) is 0 Å². The normalized spacial score (nSPS) is 12.4. The number of allylic oxidation sites excluding steroid dienone is 10. The van der Waals surface area contributed by atoms with Crippen molar-refractivity contribution in [2.24, 2.45) is 0 Å². The standard InChI is InChI=1S/C68H122O6/c1-4-7-10-13-16-19-22-25-27-29-31-32-33-34-35-36-38-39-41-43-46-49-52-55-58-61-67(70)73-64-65(63-72-66(69)60-57-54-51-48-45-24-21-18-15-12-9-6-3)74-68(71)62-59-56-53-50-47-44-42-40-37-30-28-26-23-20-17-14-11-8-5-2/h17-18,20-22,25-26,28-29,31,65H,4-16,19,23-24,27,30,32-64H2,1-3H3/b20-17-,21-18-,25-22-,28-26-,31-29-. The molecule has 0 heterocycles. The Bertz CT molecular complexity index is 1330. The fourth-order valence-corrected chi connectivity index (χ4v) is 9.32. The maximum atomic E-state index is 12.9. The van der Waals surface area contributed by atoms with Crippen LogP contribution >= 0.6 is 0 Å². The molecule has 0 aromatic heterocycles. The van der Waals surface area contributed by atoms with Gasteiger partial charge in [-0.2, -0.15) is 0 Å². The first-order valence-electron chi connectivity index (χ1n) is 32.3. The first kappa shape index (κ1) is 71.1. The summed E-state index contributed by atoms with van der Waals surface area (Å²) in [6.07, 6.45) is 79.4. The lowest BCUT2D eigenvalue weighted by Gasteiger charge is -2.18. The maximum absolute atomic E-state index is 12.9. The Morgan fingerprint density at radius 2 is 0.486 bits per heavy atom. The summed E-state index contributed by atoms with van der Waals surface area (Å²) in [5.74, 6) is -0.875. The zero-order chi connectivity index (χ0) is 53.6. The third-order valence-electron chi connectivity index (χ3n) is 14.2. The Balaban J connectivity index is 4.27. The van der Waals surface area contributed by atoms with Crippen molar-refractivity contribution in [1.29, 1.82) is 0 Å². The SMILES string of the molecule is CCCCC/C=C\C/C=C\CCCCCCCCCCCC(=O)OC(COC(=O)CCCCCCC/C=C\CCCCC)COC(=O)CCCCCCCCCCCCCCC/C=C\C/C=C\CCCCCCC. The molecule has 0 amide bonds. The van der Waals surface area contributed by atoms with Gasteiger partial charge in [0.05, 0.1) is 0 Å². The van der Waals surface area contributed by atoms with Gasteiger partial charge in [-0.3, -0.25) is 14.4 Å². The number of rotatable bonds is 59. The van der Waals surface area contributed by atoms with E-state index in [2.05, 4.69) is 81.5 Å². The molecule has 0 aliphatic heterocycles. The van der Waals surface area contributed by atoms with Gasteiger partial charge in [0.1, 0.15) is 13.2 Å². The van der Waals surface area contributed by atoms with Gasteiger partial charge in [-0.25, -0.2) is 0 Å². The van der Waals surface area contributed by atoms with E-state index in [4.69, 9.17) is 14.2 Å². The highest BCUT2D eigenvalue weighted by Gasteiger charge is 2.19. The highest BCUT2D eigenvalue weighted by molar-refractivity contribution is 5.71. The number of ether oxygens (including phenoxy) is 3. The van der Waals surface area contributed by atoms with Crippen molar-refractivity contribution >= 4 is 17.9 Å². The van der Waals surface area contributed by atoms with Gasteiger partial charge in [0.15, 0.2) is 6.10 Å². The largest absolute Gasteiger partial charge is 0.462 e. The lowest BCUT2D eigenvalue weighted by Crippen LogP contribution is -2.30. The number of unbranched alkanes of at least 4 members (excludes halogenated alkanes) is 38. The molecular weight excluding hydrogens is 913 g/mol. The Hall–Kier alpha value is -2.89. The fraction of sp³-hybridized carbons (Fsp3) is 0.809. The molecule has 0 saturated carbocycles. The molecule has 0 N–H and O–H groups in total. The van der Waals surface area contributed by atoms with Gasteiger partial charge in [-0.05, 0) is 109 Å². The molecule has 6 nitrogen and oxygen atoms in total. The summed E-state index contributed by atoms with van der Waals surface area (Å²) in [6, 6.07) is 0. The van der Waals surface area contributed by atoms with Crippen LogP contribution in [0.1, 0.15) is 335 Å². The molecule has 0 radical (unpaired) electrons. The predicted molar refractivity (Wildman–Crippen MR) is 321 cm³/mol. The molecule has 0 saturated heterocycles. The van der Waals surface area contributed by atoms with Crippen LogP contribution in [0.15, 0.2) is 60.8 Å². The lowest BCUT2D eigenvalue weighted by atomic mass is 10.0.